The van der Waals surface area contributed by atoms with Gasteiger partial charge in [-0.2, -0.15) is 4.98 Å². The number of benzene rings is 1. The third-order valence-electron chi connectivity index (χ3n) is 4.40. The maximum absolute atomic E-state index is 12.8. The van der Waals surface area contributed by atoms with Gasteiger partial charge in [-0.05, 0) is 37.0 Å². The number of hydrogen-bond donors (Lipinski definition) is 1. The van der Waals surface area contributed by atoms with Crippen LogP contribution in [0.2, 0.25) is 0 Å². The Kier molecular flexibility index (Phi) is 5.83. The van der Waals surface area contributed by atoms with E-state index in [1.807, 2.05) is 17.0 Å². The maximum atomic E-state index is 12.8. The average molecular weight is 358 g/mol. The van der Waals surface area contributed by atoms with Crippen molar-refractivity contribution in [3.8, 4) is 5.75 Å². The summed E-state index contributed by atoms with van der Waals surface area (Å²) in [4.78, 5) is 30.1. The number of carbonyl (C=O) groups excluding carboxylic acids is 2. The first-order valence-electron chi connectivity index (χ1n) is 8.65. The molecule has 2 heterocycles. The van der Waals surface area contributed by atoms with Gasteiger partial charge in [0.05, 0.1) is 12.5 Å². The Bertz CT molecular complexity index is 747. The van der Waals surface area contributed by atoms with Gasteiger partial charge in [-0.3, -0.25) is 9.59 Å². The van der Waals surface area contributed by atoms with Crippen LogP contribution in [0.5, 0.6) is 5.75 Å². The van der Waals surface area contributed by atoms with Crippen molar-refractivity contribution in [2.45, 2.75) is 31.7 Å². The molecule has 8 heteroatoms. The lowest BCUT2D eigenvalue weighted by Gasteiger charge is -2.34. The Hall–Kier alpha value is -2.90. The summed E-state index contributed by atoms with van der Waals surface area (Å²) in [5, 5.41) is 6.40. The fraction of sp³-hybridized carbons (Fsp3) is 0.444. The van der Waals surface area contributed by atoms with Crippen LogP contribution in [0.1, 0.15) is 36.7 Å². The molecule has 0 spiro atoms. The molecule has 26 heavy (non-hydrogen) atoms. The van der Waals surface area contributed by atoms with Crippen molar-refractivity contribution < 1.29 is 18.8 Å². The summed E-state index contributed by atoms with van der Waals surface area (Å²) in [6.07, 6.45) is 4.38. The molecule has 1 aliphatic rings. The molecule has 0 aliphatic carbocycles. The first-order valence-corrected chi connectivity index (χ1v) is 8.65. The van der Waals surface area contributed by atoms with E-state index in [0.29, 0.717) is 18.1 Å². The Balaban J connectivity index is 1.66. The number of hydrogen-bond acceptors (Lipinski definition) is 6. The number of rotatable bonds is 6. The van der Waals surface area contributed by atoms with Crippen molar-refractivity contribution in [1.29, 1.82) is 0 Å². The molecule has 0 bridgehead atoms. The number of nitrogens with zero attached hydrogens (tertiary/aromatic N) is 3. The minimum absolute atomic E-state index is 0.0166. The zero-order valence-corrected chi connectivity index (χ0v) is 14.7. The summed E-state index contributed by atoms with van der Waals surface area (Å²) in [5.41, 5.74) is 0.835. The third-order valence-corrected chi connectivity index (χ3v) is 4.40. The molecule has 0 saturated carbocycles. The molecule has 1 saturated heterocycles. The van der Waals surface area contributed by atoms with Gasteiger partial charge in [0.15, 0.2) is 12.4 Å². The van der Waals surface area contributed by atoms with Gasteiger partial charge in [0, 0.05) is 13.6 Å². The first-order chi connectivity index (χ1) is 12.7. The summed E-state index contributed by atoms with van der Waals surface area (Å²) in [6, 6.07) is 7.10. The highest BCUT2D eigenvalue weighted by Gasteiger charge is 2.30. The topological polar surface area (TPSA) is 97.6 Å². The van der Waals surface area contributed by atoms with Gasteiger partial charge in [-0.15, -0.1) is 0 Å². The monoisotopic (exact) mass is 358 g/mol. The van der Waals surface area contributed by atoms with Crippen LogP contribution in [0.3, 0.4) is 0 Å². The summed E-state index contributed by atoms with van der Waals surface area (Å²) in [7, 11) is 1.56. The molecular weight excluding hydrogens is 336 g/mol. The van der Waals surface area contributed by atoms with Crippen LogP contribution in [0.15, 0.2) is 35.2 Å². The van der Waals surface area contributed by atoms with Crippen LogP contribution < -0.4 is 10.1 Å². The third kappa shape index (κ3) is 4.38. The number of likely N-dealkylation sites (tertiary alicyclic amines) is 1. The quantitative estimate of drug-likeness (QED) is 0.840. The van der Waals surface area contributed by atoms with Crippen molar-refractivity contribution in [3.63, 3.8) is 0 Å². The van der Waals surface area contributed by atoms with Crippen molar-refractivity contribution in [1.82, 2.24) is 20.4 Å². The number of nitrogens with one attached hydrogen (secondary N) is 1. The van der Waals surface area contributed by atoms with E-state index in [-0.39, 0.29) is 30.9 Å². The van der Waals surface area contributed by atoms with Crippen LogP contribution in [-0.4, -0.2) is 47.1 Å². The van der Waals surface area contributed by atoms with E-state index in [4.69, 9.17) is 9.26 Å². The van der Waals surface area contributed by atoms with Crippen LogP contribution in [0, 0.1) is 0 Å². The molecule has 1 fully saturated rings. The predicted molar refractivity (Wildman–Crippen MR) is 92.3 cm³/mol. The minimum atomic E-state index is -0.206. The SMILES string of the molecule is CNC(=O)COc1cccc(CC(=O)N2CCCCC2c2ncon2)c1. The van der Waals surface area contributed by atoms with Crippen LogP contribution in [0.25, 0.3) is 0 Å². The number of ether oxygens (including phenoxy) is 1. The zero-order chi connectivity index (χ0) is 18.4. The second-order valence-electron chi connectivity index (χ2n) is 6.17. The molecular formula is C18H22N4O4. The van der Waals surface area contributed by atoms with Gasteiger partial charge in [0.1, 0.15) is 5.75 Å². The standard InChI is InChI=1S/C18H22N4O4/c1-19-16(23)11-25-14-6-4-5-13(9-14)10-17(24)22-8-3-2-7-15(22)18-20-12-26-21-18/h4-6,9,12,15H,2-3,7-8,10-11H2,1H3,(H,19,23). The van der Waals surface area contributed by atoms with Crippen LogP contribution in [0.4, 0.5) is 0 Å². The molecule has 0 radical (unpaired) electrons. The molecule has 1 aromatic heterocycles. The summed E-state index contributed by atoms with van der Waals surface area (Å²) < 4.78 is 10.3. The number of amides is 2. The lowest BCUT2D eigenvalue weighted by Crippen LogP contribution is -2.39. The number of piperidine rings is 1. The van der Waals surface area contributed by atoms with E-state index in [1.165, 1.54) is 6.39 Å². The highest BCUT2D eigenvalue weighted by molar-refractivity contribution is 5.79. The lowest BCUT2D eigenvalue weighted by atomic mass is 10.00. The smallest absolute Gasteiger partial charge is 0.257 e. The normalized spacial score (nSPS) is 17.0. The van der Waals surface area contributed by atoms with E-state index < -0.39 is 0 Å². The highest BCUT2D eigenvalue weighted by atomic mass is 16.5. The molecule has 2 aromatic rings. The molecule has 3 rings (SSSR count). The van der Waals surface area contributed by atoms with Gasteiger partial charge in [-0.1, -0.05) is 17.3 Å². The van der Waals surface area contributed by atoms with E-state index >= 15 is 0 Å². The number of aromatic nitrogens is 2. The van der Waals surface area contributed by atoms with Gasteiger partial charge >= 0.3 is 0 Å². The molecule has 1 aromatic carbocycles. The van der Waals surface area contributed by atoms with Crippen LogP contribution >= 0.6 is 0 Å². The van der Waals surface area contributed by atoms with Crippen LogP contribution in [-0.2, 0) is 16.0 Å². The van der Waals surface area contributed by atoms with Gasteiger partial charge < -0.3 is 19.5 Å². The first kappa shape index (κ1) is 17.9. The number of likely N-dealkylation sites (N-methyl/N-ethyl adjacent to an activating group) is 1. The highest BCUT2D eigenvalue weighted by Crippen LogP contribution is 2.29. The molecule has 2 amide bonds. The summed E-state index contributed by atoms with van der Waals surface area (Å²) >= 11 is 0. The molecule has 8 nitrogen and oxygen atoms in total. The van der Waals surface area contributed by atoms with Gasteiger partial charge in [0.25, 0.3) is 5.91 Å². The Morgan fingerprint density at radius 2 is 2.27 bits per heavy atom. The largest absolute Gasteiger partial charge is 0.484 e. The van der Waals surface area contributed by atoms with E-state index in [9.17, 15) is 9.59 Å². The van der Waals surface area contributed by atoms with Gasteiger partial charge in [-0.25, -0.2) is 0 Å². The Morgan fingerprint density at radius 3 is 3.04 bits per heavy atom. The van der Waals surface area contributed by atoms with Crippen molar-refractivity contribution >= 4 is 11.8 Å². The van der Waals surface area contributed by atoms with E-state index in [2.05, 4.69) is 15.5 Å². The second-order valence-corrected chi connectivity index (χ2v) is 6.17. The fourth-order valence-electron chi connectivity index (χ4n) is 3.07. The molecule has 1 N–H and O–H groups in total. The molecule has 138 valence electrons. The second kappa shape index (κ2) is 8.46. The molecule has 1 unspecified atom stereocenters. The van der Waals surface area contributed by atoms with Crippen molar-refractivity contribution in [3.05, 3.63) is 42.0 Å². The summed E-state index contributed by atoms with van der Waals surface area (Å²) in [6.45, 7) is 0.630. The van der Waals surface area contributed by atoms with Crippen molar-refractivity contribution in [2.75, 3.05) is 20.2 Å². The maximum Gasteiger partial charge on any atom is 0.257 e. The van der Waals surface area contributed by atoms with E-state index in [1.54, 1.807) is 19.2 Å². The van der Waals surface area contributed by atoms with Gasteiger partial charge in [0.2, 0.25) is 12.3 Å². The zero-order valence-electron chi connectivity index (χ0n) is 14.7. The Labute approximate surface area is 151 Å². The van der Waals surface area contributed by atoms with E-state index in [0.717, 1.165) is 24.8 Å². The summed E-state index contributed by atoms with van der Waals surface area (Å²) in [5.74, 6) is 0.929. The molecule has 1 aliphatic heterocycles. The predicted octanol–water partition coefficient (Wildman–Crippen LogP) is 1.49. The fourth-order valence-corrected chi connectivity index (χ4v) is 3.07. The Morgan fingerprint density at radius 1 is 1.38 bits per heavy atom. The molecule has 1 atom stereocenters. The van der Waals surface area contributed by atoms with Crippen molar-refractivity contribution in [2.24, 2.45) is 0 Å². The number of carbonyl (C=O) groups is 2. The minimum Gasteiger partial charge on any atom is -0.484 e. The average Bonchev–Trinajstić information content (AvgIpc) is 3.21. The lowest BCUT2D eigenvalue weighted by molar-refractivity contribution is -0.134.